The predicted molar refractivity (Wildman–Crippen MR) is 45.2 cm³/mol. The van der Waals surface area contributed by atoms with Crippen LogP contribution in [0.15, 0.2) is 0 Å². The maximum absolute atomic E-state index is 10.9. The topological polar surface area (TPSA) is 68.3 Å². The molecule has 4 nitrogen and oxygen atoms in total. The van der Waals surface area contributed by atoms with Crippen LogP contribution in [-0.4, -0.2) is 23.1 Å². The molecule has 0 aliphatic carbocycles. The van der Waals surface area contributed by atoms with E-state index in [1.54, 1.807) is 6.92 Å². The Labute approximate surface area is 76.3 Å². The van der Waals surface area contributed by atoms with Gasteiger partial charge in [-0.05, 0) is 0 Å². The summed E-state index contributed by atoms with van der Waals surface area (Å²) < 4.78 is 0. The van der Waals surface area contributed by atoms with Crippen molar-refractivity contribution in [3.8, 4) is 0 Å². The monoisotopic (exact) mass is 184 g/mol. The fourth-order valence-corrected chi connectivity index (χ4v) is 0.740. The highest BCUT2D eigenvalue weighted by Crippen LogP contribution is 1.96. The van der Waals surface area contributed by atoms with Gasteiger partial charge in [-0.15, -0.1) is 0 Å². The Bertz CT molecular complexity index is 252. The molecule has 0 saturated heterocycles. The Hall–Kier alpha value is -1.32. The number of rotatable bonds is 6. The van der Waals surface area contributed by atoms with Gasteiger partial charge >= 0.3 is 0 Å². The quantitative estimate of drug-likeness (QED) is 0.563. The van der Waals surface area contributed by atoms with E-state index in [1.165, 1.54) is 0 Å². The van der Waals surface area contributed by atoms with Gasteiger partial charge in [0, 0.05) is 26.2 Å². The van der Waals surface area contributed by atoms with E-state index in [1.807, 2.05) is 0 Å². The second-order valence-electron chi connectivity index (χ2n) is 2.68. The molecule has 0 aromatic heterocycles. The average molecular weight is 184 g/mol. The molecule has 0 amide bonds. The number of hydrogen-bond acceptors (Lipinski definition) is 4. The van der Waals surface area contributed by atoms with Crippen LogP contribution in [0.1, 0.15) is 33.1 Å². The van der Waals surface area contributed by atoms with Crippen LogP contribution in [0.3, 0.4) is 0 Å². The van der Waals surface area contributed by atoms with Crippen molar-refractivity contribution >= 4 is 23.1 Å². The molecule has 0 saturated carbocycles. The minimum absolute atomic E-state index is 0.146. The van der Waals surface area contributed by atoms with E-state index >= 15 is 0 Å². The van der Waals surface area contributed by atoms with Gasteiger partial charge in [-0.2, -0.15) is 0 Å². The van der Waals surface area contributed by atoms with Crippen molar-refractivity contribution in [3.05, 3.63) is 0 Å². The lowest BCUT2D eigenvalue weighted by molar-refractivity contribution is -0.138. The summed E-state index contributed by atoms with van der Waals surface area (Å²) >= 11 is 0. The van der Waals surface area contributed by atoms with E-state index in [9.17, 15) is 19.2 Å². The Morgan fingerprint density at radius 3 is 1.69 bits per heavy atom. The van der Waals surface area contributed by atoms with Crippen LogP contribution in [-0.2, 0) is 19.2 Å². The molecule has 0 rings (SSSR count). The average Bonchev–Trinajstić information content (AvgIpc) is 2.11. The molecule has 0 bridgehead atoms. The highest BCUT2D eigenvalue weighted by atomic mass is 16.2. The van der Waals surface area contributed by atoms with E-state index in [0.29, 0.717) is 0 Å². The summed E-state index contributed by atoms with van der Waals surface area (Å²) in [7, 11) is 0. The first-order valence-corrected chi connectivity index (χ1v) is 4.08. The summed E-state index contributed by atoms with van der Waals surface area (Å²) in [6.07, 6.45) is -0.155. The number of carbonyl (C=O) groups excluding carboxylic acids is 4. The highest BCUT2D eigenvalue weighted by Gasteiger charge is 2.14. The van der Waals surface area contributed by atoms with Crippen LogP contribution >= 0.6 is 0 Å². The summed E-state index contributed by atoms with van der Waals surface area (Å²) in [6.45, 7) is 2.72. The summed E-state index contributed by atoms with van der Waals surface area (Å²) in [4.78, 5) is 42.8. The third-order valence-electron chi connectivity index (χ3n) is 1.60. The molecular formula is C9H12O4. The Balaban J connectivity index is 3.90. The molecular weight excluding hydrogens is 172 g/mol. The minimum atomic E-state index is -0.600. The molecule has 0 atom stereocenters. The SMILES string of the molecule is CCC(=O)C(=O)CCC(=O)C(C)=O. The number of Topliss-reactive ketones (excluding diaryl/α,β-unsaturated/α-hetero) is 4. The van der Waals surface area contributed by atoms with Crippen LogP contribution in [0.4, 0.5) is 0 Å². The molecule has 0 heterocycles. The van der Waals surface area contributed by atoms with Crippen molar-refractivity contribution in [2.45, 2.75) is 33.1 Å². The summed E-state index contributed by atoms with van der Waals surface area (Å²) in [5, 5.41) is 0. The van der Waals surface area contributed by atoms with Gasteiger partial charge in [0.2, 0.25) is 0 Å². The largest absolute Gasteiger partial charge is 0.291 e. The minimum Gasteiger partial charge on any atom is -0.291 e. The second-order valence-corrected chi connectivity index (χ2v) is 2.68. The number of ketones is 4. The van der Waals surface area contributed by atoms with Crippen LogP contribution in [0.25, 0.3) is 0 Å². The Morgan fingerprint density at radius 1 is 0.846 bits per heavy atom. The smallest absolute Gasteiger partial charge is 0.198 e. The van der Waals surface area contributed by atoms with E-state index < -0.39 is 23.1 Å². The van der Waals surface area contributed by atoms with Gasteiger partial charge < -0.3 is 0 Å². The van der Waals surface area contributed by atoms with Crippen molar-refractivity contribution in [2.75, 3.05) is 0 Å². The maximum Gasteiger partial charge on any atom is 0.198 e. The van der Waals surface area contributed by atoms with E-state index in [2.05, 4.69) is 0 Å². The zero-order valence-corrected chi connectivity index (χ0v) is 7.75. The fraction of sp³-hybridized carbons (Fsp3) is 0.556. The van der Waals surface area contributed by atoms with Crippen LogP contribution < -0.4 is 0 Å². The molecule has 0 aliphatic rings. The zero-order chi connectivity index (χ0) is 10.4. The van der Waals surface area contributed by atoms with E-state index in [-0.39, 0.29) is 19.3 Å². The molecule has 0 aromatic rings. The maximum atomic E-state index is 10.9. The van der Waals surface area contributed by atoms with Gasteiger partial charge in [-0.3, -0.25) is 19.2 Å². The number of carbonyl (C=O) groups is 4. The molecule has 13 heavy (non-hydrogen) atoms. The molecule has 0 aliphatic heterocycles. The normalized spacial score (nSPS) is 9.38. The number of hydrogen-bond donors (Lipinski definition) is 0. The van der Waals surface area contributed by atoms with Crippen LogP contribution in [0.5, 0.6) is 0 Å². The lowest BCUT2D eigenvalue weighted by Gasteiger charge is -1.95. The van der Waals surface area contributed by atoms with Gasteiger partial charge in [0.05, 0.1) is 0 Å². The highest BCUT2D eigenvalue weighted by molar-refractivity contribution is 6.40. The summed E-state index contributed by atoms with van der Waals surface area (Å²) in [6, 6.07) is 0. The van der Waals surface area contributed by atoms with Gasteiger partial charge in [0.25, 0.3) is 0 Å². The molecule has 0 aromatic carbocycles. The first-order chi connectivity index (χ1) is 5.99. The van der Waals surface area contributed by atoms with Gasteiger partial charge in [0.1, 0.15) is 0 Å². The second kappa shape index (κ2) is 5.35. The van der Waals surface area contributed by atoms with Crippen molar-refractivity contribution in [1.29, 1.82) is 0 Å². The lowest BCUT2D eigenvalue weighted by atomic mass is 10.1. The Morgan fingerprint density at radius 2 is 1.31 bits per heavy atom. The molecule has 0 radical (unpaired) electrons. The Kier molecular flexibility index (Phi) is 4.80. The van der Waals surface area contributed by atoms with Crippen molar-refractivity contribution in [2.24, 2.45) is 0 Å². The van der Waals surface area contributed by atoms with Crippen molar-refractivity contribution < 1.29 is 19.2 Å². The molecule has 0 unspecified atom stereocenters. The fourth-order valence-electron chi connectivity index (χ4n) is 0.740. The van der Waals surface area contributed by atoms with Crippen molar-refractivity contribution in [1.82, 2.24) is 0 Å². The van der Waals surface area contributed by atoms with Crippen molar-refractivity contribution in [3.63, 3.8) is 0 Å². The van der Waals surface area contributed by atoms with Gasteiger partial charge in [0.15, 0.2) is 23.1 Å². The molecule has 0 fully saturated rings. The third kappa shape index (κ3) is 4.30. The first-order valence-electron chi connectivity index (χ1n) is 4.08. The zero-order valence-electron chi connectivity index (χ0n) is 7.75. The van der Waals surface area contributed by atoms with E-state index in [0.717, 1.165) is 6.92 Å². The van der Waals surface area contributed by atoms with Crippen LogP contribution in [0, 0.1) is 0 Å². The molecule has 0 N–H and O–H groups in total. The van der Waals surface area contributed by atoms with Gasteiger partial charge in [-0.25, -0.2) is 0 Å². The molecule has 4 heteroatoms. The molecule has 72 valence electrons. The summed E-state index contributed by atoms with van der Waals surface area (Å²) in [5.74, 6) is -2.23. The first kappa shape index (κ1) is 11.7. The third-order valence-corrected chi connectivity index (χ3v) is 1.60. The predicted octanol–water partition coefficient (Wildman–Crippen LogP) is 0.473. The standard InChI is InChI=1S/C9H12O4/c1-3-7(11)9(13)5-4-8(12)6(2)10/h3-5H2,1-2H3. The van der Waals surface area contributed by atoms with E-state index in [4.69, 9.17) is 0 Å². The van der Waals surface area contributed by atoms with Gasteiger partial charge in [-0.1, -0.05) is 6.92 Å². The lowest BCUT2D eigenvalue weighted by Crippen LogP contribution is -2.16. The molecule has 0 spiro atoms. The van der Waals surface area contributed by atoms with Crippen LogP contribution in [0.2, 0.25) is 0 Å². The summed E-state index contributed by atoms with van der Waals surface area (Å²) in [5.41, 5.74) is 0.